The first kappa shape index (κ1) is 21.7. The van der Waals surface area contributed by atoms with E-state index >= 15 is 0 Å². The number of aromatic nitrogens is 3. The minimum absolute atomic E-state index is 0.0161. The van der Waals surface area contributed by atoms with Crippen LogP contribution in [0, 0.1) is 18.7 Å². The Balaban J connectivity index is 1.62. The molecule has 3 aromatic rings. The SMILES string of the molecule is Cc1nc(-c2cncc(F)c2)sc1N(C)C(=O)C(C)CSCc1ccc(Cl)nc1. The number of aryl methyl sites for hydroxylation is 1. The van der Waals surface area contributed by atoms with Gasteiger partial charge in [0.1, 0.15) is 21.0 Å². The summed E-state index contributed by atoms with van der Waals surface area (Å²) < 4.78 is 13.5. The normalized spacial score (nSPS) is 12.0. The fraction of sp³-hybridized carbons (Fsp3) is 0.300. The van der Waals surface area contributed by atoms with Crippen LogP contribution in [0.3, 0.4) is 0 Å². The molecule has 0 saturated carbocycles. The van der Waals surface area contributed by atoms with E-state index in [1.807, 2.05) is 19.9 Å². The average molecular weight is 451 g/mol. The van der Waals surface area contributed by atoms with E-state index in [-0.39, 0.29) is 11.8 Å². The van der Waals surface area contributed by atoms with Crippen LogP contribution in [0.2, 0.25) is 5.15 Å². The lowest BCUT2D eigenvalue weighted by atomic mass is 10.2. The largest absolute Gasteiger partial charge is 0.305 e. The molecule has 0 N–H and O–H groups in total. The van der Waals surface area contributed by atoms with Crippen LogP contribution in [0.4, 0.5) is 9.39 Å². The van der Waals surface area contributed by atoms with Crippen molar-refractivity contribution in [2.45, 2.75) is 19.6 Å². The Hall–Kier alpha value is -2.03. The van der Waals surface area contributed by atoms with Gasteiger partial charge in [0.2, 0.25) is 5.91 Å². The maximum Gasteiger partial charge on any atom is 0.231 e. The van der Waals surface area contributed by atoms with Crippen LogP contribution >= 0.6 is 34.7 Å². The first-order valence-electron chi connectivity index (χ1n) is 8.89. The highest BCUT2D eigenvalue weighted by molar-refractivity contribution is 7.98. The molecule has 3 heterocycles. The highest BCUT2D eigenvalue weighted by atomic mass is 35.5. The highest BCUT2D eigenvalue weighted by Gasteiger charge is 2.23. The van der Waals surface area contributed by atoms with Crippen LogP contribution in [0.1, 0.15) is 18.2 Å². The maximum atomic E-state index is 13.5. The molecule has 3 rings (SSSR count). The summed E-state index contributed by atoms with van der Waals surface area (Å²) in [6.45, 7) is 3.76. The number of thiazole rings is 1. The maximum absolute atomic E-state index is 13.5. The highest BCUT2D eigenvalue weighted by Crippen LogP contribution is 2.34. The van der Waals surface area contributed by atoms with Gasteiger partial charge in [0.15, 0.2) is 0 Å². The first-order valence-corrected chi connectivity index (χ1v) is 11.2. The molecule has 5 nitrogen and oxygen atoms in total. The zero-order chi connectivity index (χ0) is 21.0. The summed E-state index contributed by atoms with van der Waals surface area (Å²) in [7, 11) is 1.75. The topological polar surface area (TPSA) is 59.0 Å². The van der Waals surface area contributed by atoms with Gasteiger partial charge >= 0.3 is 0 Å². The van der Waals surface area contributed by atoms with Crippen molar-refractivity contribution >= 4 is 45.6 Å². The summed E-state index contributed by atoms with van der Waals surface area (Å²) in [6, 6.07) is 5.09. The van der Waals surface area contributed by atoms with E-state index in [0.29, 0.717) is 21.5 Å². The second kappa shape index (κ2) is 9.65. The van der Waals surface area contributed by atoms with Crippen LogP contribution < -0.4 is 4.90 Å². The predicted octanol–water partition coefficient (Wildman–Crippen LogP) is 5.23. The Kier molecular flexibility index (Phi) is 7.21. The van der Waals surface area contributed by atoms with Crippen LogP contribution in [0.25, 0.3) is 10.6 Å². The number of thioether (sulfide) groups is 1. The Morgan fingerprint density at radius 2 is 2.14 bits per heavy atom. The summed E-state index contributed by atoms with van der Waals surface area (Å²) in [6.07, 6.45) is 4.47. The molecule has 9 heteroatoms. The van der Waals surface area contributed by atoms with Crippen molar-refractivity contribution in [3.05, 3.63) is 59.0 Å². The standard InChI is InChI=1S/C20H20ClFN4OS2/c1-12(10-28-11-14-4-5-17(21)24-7-14)19(27)26(3)20-13(2)25-18(29-20)15-6-16(22)9-23-8-15/h4-9,12H,10-11H2,1-3H3. The molecule has 1 unspecified atom stereocenters. The van der Waals surface area contributed by atoms with Crippen LogP contribution in [0.5, 0.6) is 0 Å². The molecule has 0 aliphatic heterocycles. The molecule has 0 fully saturated rings. The van der Waals surface area contributed by atoms with Gasteiger partial charge in [-0.3, -0.25) is 9.78 Å². The molecular weight excluding hydrogens is 431 g/mol. The van der Waals surface area contributed by atoms with E-state index < -0.39 is 5.82 Å². The van der Waals surface area contributed by atoms with Crippen molar-refractivity contribution in [2.24, 2.45) is 5.92 Å². The molecule has 0 aliphatic carbocycles. The van der Waals surface area contributed by atoms with Gasteiger partial charge in [-0.05, 0) is 24.6 Å². The molecule has 152 valence electrons. The number of anilines is 1. The third-order valence-corrected chi connectivity index (χ3v) is 6.99. The number of hydrogen-bond donors (Lipinski definition) is 0. The van der Waals surface area contributed by atoms with E-state index in [1.165, 1.54) is 17.4 Å². The zero-order valence-electron chi connectivity index (χ0n) is 16.2. The van der Waals surface area contributed by atoms with E-state index in [2.05, 4.69) is 15.0 Å². The van der Waals surface area contributed by atoms with Crippen LogP contribution in [-0.2, 0) is 10.5 Å². The van der Waals surface area contributed by atoms with Gasteiger partial charge in [-0.15, -0.1) is 0 Å². The van der Waals surface area contributed by atoms with E-state index in [4.69, 9.17) is 11.6 Å². The summed E-state index contributed by atoms with van der Waals surface area (Å²) >= 11 is 8.83. The second-order valence-corrected chi connectivity index (χ2v) is 9.00. The molecule has 0 saturated heterocycles. The molecule has 0 bridgehead atoms. The molecule has 0 aliphatic rings. The summed E-state index contributed by atoms with van der Waals surface area (Å²) in [5.74, 6) is 0.892. The average Bonchev–Trinajstić information content (AvgIpc) is 3.10. The van der Waals surface area contributed by atoms with Crippen molar-refractivity contribution in [2.75, 3.05) is 17.7 Å². The summed E-state index contributed by atoms with van der Waals surface area (Å²) in [5, 5.41) is 1.87. The van der Waals surface area contributed by atoms with Gasteiger partial charge in [0.25, 0.3) is 0 Å². The molecule has 1 atom stereocenters. The number of carbonyl (C=O) groups is 1. The number of rotatable bonds is 7. The van der Waals surface area contributed by atoms with Crippen molar-refractivity contribution in [1.82, 2.24) is 15.0 Å². The van der Waals surface area contributed by atoms with E-state index in [0.717, 1.165) is 28.2 Å². The molecule has 0 aromatic carbocycles. The van der Waals surface area contributed by atoms with E-state index in [9.17, 15) is 9.18 Å². The quantitative estimate of drug-likeness (QED) is 0.461. The lowest BCUT2D eigenvalue weighted by Crippen LogP contribution is -2.32. The minimum Gasteiger partial charge on any atom is -0.305 e. The summed E-state index contributed by atoms with van der Waals surface area (Å²) in [5.41, 5.74) is 2.40. The zero-order valence-corrected chi connectivity index (χ0v) is 18.6. The van der Waals surface area contributed by atoms with Gasteiger partial charge in [0, 0.05) is 42.4 Å². The Morgan fingerprint density at radius 3 is 2.83 bits per heavy atom. The number of carbonyl (C=O) groups excluding carboxylic acids is 1. The molecular formula is C20H20ClFN4OS2. The predicted molar refractivity (Wildman–Crippen MR) is 118 cm³/mol. The number of halogens is 2. The third kappa shape index (κ3) is 5.52. The Bertz CT molecular complexity index is 996. The fourth-order valence-electron chi connectivity index (χ4n) is 2.70. The number of hydrogen-bond acceptors (Lipinski definition) is 6. The van der Waals surface area contributed by atoms with Gasteiger partial charge in [0.05, 0.1) is 11.9 Å². The van der Waals surface area contributed by atoms with E-state index in [1.54, 1.807) is 42.2 Å². The third-order valence-electron chi connectivity index (χ3n) is 4.21. The van der Waals surface area contributed by atoms with Gasteiger partial charge < -0.3 is 4.90 Å². The monoisotopic (exact) mass is 450 g/mol. The molecule has 3 aromatic heterocycles. The van der Waals surface area contributed by atoms with Crippen molar-refractivity contribution in [3.63, 3.8) is 0 Å². The van der Waals surface area contributed by atoms with Crippen molar-refractivity contribution in [1.29, 1.82) is 0 Å². The number of pyridine rings is 2. The smallest absolute Gasteiger partial charge is 0.231 e. The second-order valence-electron chi connectivity index (χ2n) is 6.60. The van der Waals surface area contributed by atoms with Crippen LogP contribution in [0.15, 0.2) is 36.8 Å². The molecule has 29 heavy (non-hydrogen) atoms. The van der Waals surface area contributed by atoms with Crippen molar-refractivity contribution in [3.8, 4) is 10.6 Å². The first-order chi connectivity index (χ1) is 13.8. The van der Waals surface area contributed by atoms with Gasteiger partial charge in [-0.2, -0.15) is 11.8 Å². The number of amides is 1. The molecule has 1 amide bonds. The minimum atomic E-state index is -0.414. The Labute approximate surface area is 182 Å². The summed E-state index contributed by atoms with van der Waals surface area (Å²) in [4.78, 5) is 26.9. The van der Waals surface area contributed by atoms with Gasteiger partial charge in [-0.25, -0.2) is 14.4 Å². The Morgan fingerprint density at radius 1 is 1.34 bits per heavy atom. The number of nitrogens with zero attached hydrogens (tertiary/aromatic N) is 4. The van der Waals surface area contributed by atoms with Crippen LogP contribution in [-0.4, -0.2) is 33.7 Å². The molecule has 0 spiro atoms. The lowest BCUT2D eigenvalue weighted by Gasteiger charge is -2.20. The fourth-order valence-corrected chi connectivity index (χ4v) is 4.85. The lowest BCUT2D eigenvalue weighted by molar-refractivity contribution is -0.120. The molecule has 0 radical (unpaired) electrons. The van der Waals surface area contributed by atoms with Crippen molar-refractivity contribution < 1.29 is 9.18 Å². The van der Waals surface area contributed by atoms with Gasteiger partial charge in [-0.1, -0.05) is 35.9 Å².